The predicted molar refractivity (Wildman–Crippen MR) is 78.4 cm³/mol. The molecule has 6 nitrogen and oxygen atoms in total. The number of sulfonamides is 1. The highest BCUT2D eigenvalue weighted by molar-refractivity contribution is 7.91. The van der Waals surface area contributed by atoms with Crippen LogP contribution in [0.1, 0.15) is 13.8 Å². The van der Waals surface area contributed by atoms with Crippen molar-refractivity contribution in [1.82, 2.24) is 4.31 Å². The van der Waals surface area contributed by atoms with Gasteiger partial charge in [0.2, 0.25) is 19.9 Å². The van der Waals surface area contributed by atoms with Gasteiger partial charge in [-0.05, 0) is 38.1 Å². The lowest BCUT2D eigenvalue weighted by molar-refractivity contribution is -0.0170. The molecule has 0 aromatic heterocycles. The molecule has 1 heterocycles. The van der Waals surface area contributed by atoms with Crippen molar-refractivity contribution >= 4 is 19.9 Å². The second-order valence-corrected chi connectivity index (χ2v) is 9.15. The van der Waals surface area contributed by atoms with E-state index in [1.54, 1.807) is 13.8 Å². The van der Waals surface area contributed by atoms with E-state index in [1.807, 2.05) is 0 Å². The summed E-state index contributed by atoms with van der Waals surface area (Å²) in [6.45, 7) is 3.85. The van der Waals surface area contributed by atoms with E-state index in [1.165, 1.54) is 4.31 Å². The first-order chi connectivity index (χ1) is 10.6. The van der Waals surface area contributed by atoms with Gasteiger partial charge in [0.25, 0.3) is 0 Å². The summed E-state index contributed by atoms with van der Waals surface area (Å²) >= 11 is 0. The Kier molecular flexibility index (Phi) is 5.09. The van der Waals surface area contributed by atoms with E-state index in [4.69, 9.17) is 4.74 Å². The second kappa shape index (κ2) is 6.42. The normalized spacial score (nSPS) is 24.0. The van der Waals surface area contributed by atoms with Gasteiger partial charge >= 0.3 is 5.76 Å². The van der Waals surface area contributed by atoms with Gasteiger partial charge in [-0.3, -0.25) is 0 Å². The molecule has 0 bridgehead atoms. The number of rotatable bonds is 4. The molecular weight excluding hydrogens is 352 g/mol. The first kappa shape index (κ1) is 18.2. The molecule has 1 aromatic carbocycles. The van der Waals surface area contributed by atoms with Gasteiger partial charge in [-0.25, -0.2) is 16.8 Å². The van der Waals surface area contributed by atoms with Crippen molar-refractivity contribution in [2.45, 2.75) is 41.5 Å². The van der Waals surface area contributed by atoms with Crippen LogP contribution in [-0.2, 0) is 24.6 Å². The molecule has 1 aromatic rings. The Bertz CT molecular complexity index is 762. The zero-order valence-electron chi connectivity index (χ0n) is 12.5. The Morgan fingerprint density at radius 2 is 1.61 bits per heavy atom. The van der Waals surface area contributed by atoms with Gasteiger partial charge in [-0.2, -0.15) is 13.1 Å². The van der Waals surface area contributed by atoms with Crippen LogP contribution >= 0.6 is 0 Å². The first-order valence-corrected chi connectivity index (χ1v) is 9.81. The number of hydrogen-bond donors (Lipinski definition) is 0. The highest BCUT2D eigenvalue weighted by Gasteiger charge is 2.34. The van der Waals surface area contributed by atoms with E-state index in [9.17, 15) is 25.6 Å². The van der Waals surface area contributed by atoms with E-state index in [-0.39, 0.29) is 30.2 Å². The minimum absolute atomic E-state index is 0.147. The van der Waals surface area contributed by atoms with E-state index < -0.39 is 30.5 Å². The number of ether oxygens (including phenoxy) is 1. The number of nitrogens with zero attached hydrogens (tertiary/aromatic N) is 1. The summed E-state index contributed by atoms with van der Waals surface area (Å²) in [5, 5.41) is 0. The van der Waals surface area contributed by atoms with E-state index in [2.05, 4.69) is 0 Å². The number of morpholine rings is 1. The standard InChI is InChI=1S/C13H17F2NO5S2/c1-9-8-21-10(2)7-16(9)23(19,20)12-5-3-11(4-6-12)22(17,18)13(14)15/h3-6,9-10,13H,7-8H2,1-2H3/t9-,10+/m1/s1. The third-order valence-corrected chi connectivity index (χ3v) is 6.94. The highest BCUT2D eigenvalue weighted by Crippen LogP contribution is 2.25. The van der Waals surface area contributed by atoms with Crippen molar-refractivity contribution in [3.63, 3.8) is 0 Å². The quantitative estimate of drug-likeness (QED) is 0.803. The Morgan fingerprint density at radius 3 is 2.13 bits per heavy atom. The van der Waals surface area contributed by atoms with Gasteiger partial charge in [0.15, 0.2) is 0 Å². The fraction of sp³-hybridized carbons (Fsp3) is 0.538. The van der Waals surface area contributed by atoms with Crippen LogP contribution in [0.2, 0.25) is 0 Å². The molecule has 0 aliphatic carbocycles. The zero-order valence-corrected chi connectivity index (χ0v) is 14.1. The number of alkyl halides is 2. The molecule has 23 heavy (non-hydrogen) atoms. The van der Waals surface area contributed by atoms with Gasteiger partial charge in [0, 0.05) is 12.6 Å². The molecule has 1 fully saturated rings. The molecule has 0 amide bonds. The molecule has 0 saturated carbocycles. The fourth-order valence-corrected chi connectivity index (χ4v) is 4.66. The molecular formula is C13H17F2NO5S2. The van der Waals surface area contributed by atoms with E-state index in [0.717, 1.165) is 24.3 Å². The van der Waals surface area contributed by atoms with Crippen molar-refractivity contribution < 1.29 is 30.4 Å². The fourth-order valence-electron chi connectivity index (χ4n) is 2.25. The van der Waals surface area contributed by atoms with Crippen LogP contribution in [-0.4, -0.2) is 52.2 Å². The van der Waals surface area contributed by atoms with Crippen LogP contribution in [0, 0.1) is 0 Å². The number of halogens is 2. The largest absolute Gasteiger partial charge is 0.375 e. The lowest BCUT2D eigenvalue weighted by Crippen LogP contribution is -2.50. The maximum atomic E-state index is 12.6. The summed E-state index contributed by atoms with van der Waals surface area (Å²) in [6, 6.07) is 3.43. The van der Waals surface area contributed by atoms with Gasteiger partial charge in [0.1, 0.15) is 0 Å². The third-order valence-electron chi connectivity index (χ3n) is 3.54. The molecule has 0 N–H and O–H groups in total. The Hall–Kier alpha value is -1.10. The second-order valence-electron chi connectivity index (χ2n) is 5.34. The Morgan fingerprint density at radius 1 is 1.09 bits per heavy atom. The molecule has 1 saturated heterocycles. The molecule has 2 rings (SSSR count). The SMILES string of the molecule is C[C@@H]1CO[C@@H](C)CN1S(=O)(=O)c1ccc(S(=O)(=O)C(F)F)cc1. The monoisotopic (exact) mass is 369 g/mol. The molecule has 130 valence electrons. The molecule has 1 aliphatic rings. The minimum atomic E-state index is -4.75. The zero-order chi connectivity index (χ0) is 17.4. The predicted octanol–water partition coefficient (Wildman–Crippen LogP) is 1.48. The summed E-state index contributed by atoms with van der Waals surface area (Å²) in [5.41, 5.74) is 0. The van der Waals surface area contributed by atoms with E-state index >= 15 is 0 Å². The summed E-state index contributed by atoms with van der Waals surface area (Å²) in [5.74, 6) is -3.55. The Balaban J connectivity index is 2.35. The Labute approximate surface area is 134 Å². The average Bonchev–Trinajstić information content (AvgIpc) is 2.49. The van der Waals surface area contributed by atoms with Gasteiger partial charge in [-0.15, -0.1) is 0 Å². The molecule has 1 aliphatic heterocycles. The smallest absolute Gasteiger partial charge is 0.341 e. The van der Waals surface area contributed by atoms with Crippen LogP contribution in [0.15, 0.2) is 34.1 Å². The van der Waals surface area contributed by atoms with Crippen molar-refractivity contribution in [3.8, 4) is 0 Å². The highest BCUT2D eigenvalue weighted by atomic mass is 32.2. The maximum Gasteiger partial charge on any atom is 0.341 e. The van der Waals surface area contributed by atoms with Crippen LogP contribution in [0.4, 0.5) is 8.78 Å². The summed E-state index contributed by atoms with van der Waals surface area (Å²) in [4.78, 5) is -0.762. The van der Waals surface area contributed by atoms with Gasteiger partial charge < -0.3 is 4.74 Å². The number of benzene rings is 1. The van der Waals surface area contributed by atoms with Crippen LogP contribution < -0.4 is 0 Å². The van der Waals surface area contributed by atoms with Gasteiger partial charge in [0.05, 0.1) is 22.5 Å². The average molecular weight is 369 g/mol. The van der Waals surface area contributed by atoms with Gasteiger partial charge in [-0.1, -0.05) is 0 Å². The lowest BCUT2D eigenvalue weighted by atomic mass is 10.2. The van der Waals surface area contributed by atoms with Crippen LogP contribution in [0.25, 0.3) is 0 Å². The van der Waals surface area contributed by atoms with Crippen molar-refractivity contribution in [2.24, 2.45) is 0 Å². The lowest BCUT2D eigenvalue weighted by Gasteiger charge is -2.35. The topological polar surface area (TPSA) is 80.8 Å². The molecule has 0 radical (unpaired) electrons. The van der Waals surface area contributed by atoms with Crippen molar-refractivity contribution in [2.75, 3.05) is 13.2 Å². The number of sulfone groups is 1. The first-order valence-electron chi connectivity index (χ1n) is 6.82. The molecule has 10 heteroatoms. The van der Waals surface area contributed by atoms with Crippen molar-refractivity contribution in [3.05, 3.63) is 24.3 Å². The summed E-state index contributed by atoms with van der Waals surface area (Å²) in [6.07, 6.45) is -0.264. The number of hydrogen-bond acceptors (Lipinski definition) is 5. The van der Waals surface area contributed by atoms with Crippen molar-refractivity contribution in [1.29, 1.82) is 0 Å². The summed E-state index contributed by atoms with van der Waals surface area (Å²) in [7, 11) is -8.60. The third kappa shape index (κ3) is 3.54. The summed E-state index contributed by atoms with van der Waals surface area (Å²) < 4.78 is 79.6. The maximum absolute atomic E-state index is 12.6. The molecule has 0 unspecified atom stereocenters. The van der Waals surface area contributed by atoms with E-state index in [0.29, 0.717) is 0 Å². The van der Waals surface area contributed by atoms with Crippen LogP contribution in [0.3, 0.4) is 0 Å². The molecule has 0 spiro atoms. The molecule has 2 atom stereocenters. The van der Waals surface area contributed by atoms with Crippen LogP contribution in [0.5, 0.6) is 0 Å². The minimum Gasteiger partial charge on any atom is -0.375 e.